The van der Waals surface area contributed by atoms with Gasteiger partial charge in [0.1, 0.15) is 0 Å². The number of carboxylic acid groups (broad SMARTS) is 1. The maximum atomic E-state index is 12.4. The summed E-state index contributed by atoms with van der Waals surface area (Å²) in [5.74, 6) is -3.00. The summed E-state index contributed by atoms with van der Waals surface area (Å²) < 4.78 is 24.9. The van der Waals surface area contributed by atoms with Gasteiger partial charge in [0, 0.05) is 11.3 Å². The van der Waals surface area contributed by atoms with Gasteiger partial charge in [-0.3, -0.25) is 9.78 Å². The van der Waals surface area contributed by atoms with Gasteiger partial charge in [-0.2, -0.15) is 0 Å². The van der Waals surface area contributed by atoms with Crippen LogP contribution in [0, 0.1) is 6.92 Å². The zero-order valence-electron chi connectivity index (χ0n) is 8.20. The van der Waals surface area contributed by atoms with Gasteiger partial charge in [-0.15, -0.1) is 0 Å². The molecular weight excluding hydrogens is 222 g/mol. The van der Waals surface area contributed by atoms with Crippen LogP contribution in [0.2, 0.25) is 0 Å². The Labute approximate surface area is 89.1 Å². The molecule has 0 atom stereocenters. The zero-order chi connectivity index (χ0) is 12.3. The lowest BCUT2D eigenvalue weighted by Crippen LogP contribution is -2.22. The van der Waals surface area contributed by atoms with E-state index in [9.17, 15) is 18.4 Å². The van der Waals surface area contributed by atoms with Gasteiger partial charge in [0.2, 0.25) is 0 Å². The first-order chi connectivity index (χ1) is 7.41. The van der Waals surface area contributed by atoms with E-state index in [1.807, 2.05) is 5.32 Å². The van der Waals surface area contributed by atoms with Crippen molar-refractivity contribution in [1.82, 2.24) is 4.98 Å². The number of hydrogen-bond acceptors (Lipinski definition) is 3. The standard InChI is InChI=1S/C9H8F2N2O3/c1-4-6(7(10)11)2-5(3-12-4)13-8(14)9(15)16/h2-3,7H,1H3,(H,13,14)(H,15,16). The lowest BCUT2D eigenvalue weighted by molar-refractivity contribution is -0.147. The van der Waals surface area contributed by atoms with Crippen LogP contribution < -0.4 is 5.32 Å². The first-order valence-electron chi connectivity index (χ1n) is 4.20. The molecule has 0 spiro atoms. The summed E-state index contributed by atoms with van der Waals surface area (Å²) in [4.78, 5) is 24.6. The molecular formula is C9H8F2N2O3. The van der Waals surface area contributed by atoms with E-state index in [1.54, 1.807) is 0 Å². The van der Waals surface area contributed by atoms with Gasteiger partial charge in [-0.05, 0) is 13.0 Å². The Morgan fingerprint density at radius 1 is 1.50 bits per heavy atom. The fourth-order valence-electron chi connectivity index (χ4n) is 1.02. The van der Waals surface area contributed by atoms with Gasteiger partial charge in [-0.25, -0.2) is 13.6 Å². The number of nitrogens with one attached hydrogen (secondary N) is 1. The fourth-order valence-corrected chi connectivity index (χ4v) is 1.02. The maximum Gasteiger partial charge on any atom is 0.394 e. The molecule has 0 aliphatic rings. The summed E-state index contributed by atoms with van der Waals surface area (Å²) in [6.45, 7) is 1.39. The Morgan fingerprint density at radius 2 is 2.12 bits per heavy atom. The summed E-state index contributed by atoms with van der Waals surface area (Å²) in [5, 5.41) is 10.2. The second-order valence-corrected chi connectivity index (χ2v) is 2.96. The van der Waals surface area contributed by atoms with E-state index in [-0.39, 0.29) is 16.9 Å². The highest BCUT2D eigenvalue weighted by Gasteiger charge is 2.15. The normalized spacial score (nSPS) is 10.2. The highest BCUT2D eigenvalue weighted by Crippen LogP contribution is 2.23. The van der Waals surface area contributed by atoms with E-state index < -0.39 is 18.3 Å². The third-order valence-corrected chi connectivity index (χ3v) is 1.81. The van der Waals surface area contributed by atoms with Crippen molar-refractivity contribution in [3.05, 3.63) is 23.5 Å². The molecule has 0 bridgehead atoms. The highest BCUT2D eigenvalue weighted by atomic mass is 19.3. The molecule has 1 aromatic rings. The van der Waals surface area contributed by atoms with Gasteiger partial charge < -0.3 is 10.4 Å². The monoisotopic (exact) mass is 230 g/mol. The quantitative estimate of drug-likeness (QED) is 0.751. The van der Waals surface area contributed by atoms with Gasteiger partial charge in [0.05, 0.1) is 11.9 Å². The molecule has 1 amide bonds. The molecule has 0 saturated carbocycles. The summed E-state index contributed by atoms with van der Waals surface area (Å²) in [7, 11) is 0. The predicted molar refractivity (Wildman–Crippen MR) is 50.2 cm³/mol. The molecule has 0 fully saturated rings. The average molecular weight is 230 g/mol. The number of aryl methyl sites for hydroxylation is 1. The van der Waals surface area contributed by atoms with E-state index in [1.165, 1.54) is 6.92 Å². The lowest BCUT2D eigenvalue weighted by Gasteiger charge is -2.07. The number of aliphatic carboxylic acids is 1. The van der Waals surface area contributed by atoms with Gasteiger partial charge in [0.15, 0.2) is 0 Å². The number of aromatic nitrogens is 1. The van der Waals surface area contributed by atoms with E-state index in [2.05, 4.69) is 4.98 Å². The number of carbonyl (C=O) groups is 2. The van der Waals surface area contributed by atoms with E-state index in [0.717, 1.165) is 12.3 Å². The van der Waals surface area contributed by atoms with Crippen molar-refractivity contribution in [2.45, 2.75) is 13.3 Å². The first kappa shape index (κ1) is 12.0. The minimum Gasteiger partial charge on any atom is -0.474 e. The molecule has 0 saturated heterocycles. The van der Waals surface area contributed by atoms with Crippen LogP contribution in [0.5, 0.6) is 0 Å². The largest absolute Gasteiger partial charge is 0.474 e. The lowest BCUT2D eigenvalue weighted by atomic mass is 10.2. The molecule has 1 rings (SSSR count). The van der Waals surface area contributed by atoms with Crippen molar-refractivity contribution in [3.63, 3.8) is 0 Å². The number of halogens is 2. The van der Waals surface area contributed by atoms with Crippen LogP contribution >= 0.6 is 0 Å². The van der Waals surface area contributed by atoms with Crippen molar-refractivity contribution in [1.29, 1.82) is 0 Å². The Balaban J connectivity index is 2.95. The van der Waals surface area contributed by atoms with Crippen molar-refractivity contribution >= 4 is 17.6 Å². The predicted octanol–water partition coefficient (Wildman–Crippen LogP) is 1.35. The molecule has 1 heterocycles. The number of carbonyl (C=O) groups excluding carboxylic acids is 1. The number of alkyl halides is 2. The molecule has 86 valence electrons. The van der Waals surface area contributed by atoms with Crippen LogP contribution in [0.3, 0.4) is 0 Å². The third kappa shape index (κ3) is 2.72. The maximum absolute atomic E-state index is 12.4. The number of rotatable bonds is 2. The summed E-state index contributed by atoms with van der Waals surface area (Å²) in [6.07, 6.45) is -1.61. The van der Waals surface area contributed by atoms with Gasteiger partial charge in [-0.1, -0.05) is 0 Å². The van der Waals surface area contributed by atoms with Crippen molar-refractivity contribution in [2.24, 2.45) is 0 Å². The molecule has 0 radical (unpaired) electrons. The molecule has 16 heavy (non-hydrogen) atoms. The van der Waals surface area contributed by atoms with Crippen LogP contribution in [0.1, 0.15) is 17.7 Å². The number of hydrogen-bond donors (Lipinski definition) is 2. The smallest absolute Gasteiger partial charge is 0.394 e. The molecule has 7 heteroatoms. The number of pyridine rings is 1. The van der Waals surface area contributed by atoms with Crippen LogP contribution in [0.4, 0.5) is 14.5 Å². The van der Waals surface area contributed by atoms with Crippen molar-refractivity contribution in [2.75, 3.05) is 5.32 Å². The molecule has 0 unspecified atom stereocenters. The van der Waals surface area contributed by atoms with Crippen LogP contribution in [0.25, 0.3) is 0 Å². The average Bonchev–Trinajstić information content (AvgIpc) is 2.20. The van der Waals surface area contributed by atoms with Gasteiger partial charge in [0.25, 0.3) is 6.43 Å². The van der Waals surface area contributed by atoms with Gasteiger partial charge >= 0.3 is 11.9 Å². The molecule has 2 N–H and O–H groups in total. The topological polar surface area (TPSA) is 79.3 Å². The number of anilines is 1. The number of carboxylic acids is 1. The van der Waals surface area contributed by atoms with Crippen LogP contribution in [-0.4, -0.2) is 22.0 Å². The fraction of sp³-hybridized carbons (Fsp3) is 0.222. The molecule has 5 nitrogen and oxygen atoms in total. The summed E-state index contributed by atoms with van der Waals surface area (Å²) >= 11 is 0. The summed E-state index contributed by atoms with van der Waals surface area (Å²) in [6, 6.07) is 0.994. The minimum absolute atomic E-state index is 0.0756. The van der Waals surface area contributed by atoms with E-state index >= 15 is 0 Å². The number of nitrogens with zero attached hydrogens (tertiary/aromatic N) is 1. The molecule has 0 aliphatic carbocycles. The van der Waals surface area contributed by atoms with E-state index in [4.69, 9.17) is 5.11 Å². The second kappa shape index (κ2) is 4.65. The Morgan fingerprint density at radius 3 is 2.62 bits per heavy atom. The van der Waals surface area contributed by atoms with E-state index in [0.29, 0.717) is 0 Å². The molecule has 0 aliphatic heterocycles. The minimum atomic E-state index is -2.73. The van der Waals surface area contributed by atoms with Crippen LogP contribution in [0.15, 0.2) is 12.3 Å². The SMILES string of the molecule is Cc1ncc(NC(=O)C(=O)O)cc1C(F)F. The third-order valence-electron chi connectivity index (χ3n) is 1.81. The zero-order valence-corrected chi connectivity index (χ0v) is 8.20. The van der Waals surface area contributed by atoms with Crippen LogP contribution in [-0.2, 0) is 9.59 Å². The Hall–Kier alpha value is -2.05. The molecule has 0 aromatic carbocycles. The first-order valence-corrected chi connectivity index (χ1v) is 4.20. The molecule has 1 aromatic heterocycles. The Kier molecular flexibility index (Phi) is 3.49. The Bertz CT molecular complexity index is 435. The second-order valence-electron chi connectivity index (χ2n) is 2.96. The van der Waals surface area contributed by atoms with Crippen molar-refractivity contribution in [3.8, 4) is 0 Å². The number of amides is 1. The summed E-state index contributed by atoms with van der Waals surface area (Å²) in [5.41, 5.74) is -0.292. The highest BCUT2D eigenvalue weighted by molar-refractivity contribution is 6.36. The van der Waals surface area contributed by atoms with Crippen molar-refractivity contribution < 1.29 is 23.5 Å².